The summed E-state index contributed by atoms with van der Waals surface area (Å²) in [7, 11) is -2.12. The SMILES string of the molecule is CCCCNC(=O)c1ccc(N(C)S(=O)(=O)c2ccc(C)cc2)cc1. The normalized spacial score (nSPS) is 11.2. The second-order valence-corrected chi connectivity index (χ2v) is 7.91. The van der Waals surface area contributed by atoms with Crippen molar-refractivity contribution in [2.24, 2.45) is 0 Å². The molecule has 0 aliphatic rings. The summed E-state index contributed by atoms with van der Waals surface area (Å²) in [5.41, 5.74) is 2.02. The molecule has 2 aromatic carbocycles. The number of carbonyl (C=O) groups excluding carboxylic acids is 1. The Morgan fingerprint density at radius 1 is 1.04 bits per heavy atom. The lowest BCUT2D eigenvalue weighted by Gasteiger charge is -2.20. The van der Waals surface area contributed by atoms with Gasteiger partial charge in [0.1, 0.15) is 0 Å². The quantitative estimate of drug-likeness (QED) is 0.770. The number of unbranched alkanes of at least 4 members (excludes halogenated alkanes) is 1. The Kier molecular flexibility index (Phi) is 6.20. The second-order valence-electron chi connectivity index (χ2n) is 5.94. The molecule has 0 bridgehead atoms. The Morgan fingerprint density at radius 2 is 1.64 bits per heavy atom. The fraction of sp³-hybridized carbons (Fsp3) is 0.316. The molecule has 0 aromatic heterocycles. The molecule has 25 heavy (non-hydrogen) atoms. The monoisotopic (exact) mass is 360 g/mol. The number of nitrogens with one attached hydrogen (secondary N) is 1. The van der Waals surface area contributed by atoms with Crippen LogP contribution in [0.1, 0.15) is 35.7 Å². The third-order valence-electron chi connectivity index (χ3n) is 3.99. The van der Waals surface area contributed by atoms with Gasteiger partial charge in [0.05, 0.1) is 10.6 Å². The maximum atomic E-state index is 12.7. The van der Waals surface area contributed by atoms with Crippen molar-refractivity contribution in [3.05, 3.63) is 59.7 Å². The van der Waals surface area contributed by atoms with Gasteiger partial charge in [0.25, 0.3) is 15.9 Å². The third kappa shape index (κ3) is 4.60. The van der Waals surface area contributed by atoms with Crippen LogP contribution in [0, 0.1) is 6.92 Å². The number of aryl methyl sites for hydroxylation is 1. The molecule has 0 saturated carbocycles. The molecule has 0 aliphatic carbocycles. The first-order valence-electron chi connectivity index (χ1n) is 8.30. The first-order valence-corrected chi connectivity index (χ1v) is 9.74. The number of sulfonamides is 1. The smallest absolute Gasteiger partial charge is 0.264 e. The molecule has 134 valence electrons. The van der Waals surface area contributed by atoms with Crippen LogP contribution in [0.2, 0.25) is 0 Å². The predicted molar refractivity (Wildman–Crippen MR) is 100 cm³/mol. The van der Waals surface area contributed by atoms with Crippen LogP contribution in [-0.2, 0) is 10.0 Å². The number of anilines is 1. The van der Waals surface area contributed by atoms with Gasteiger partial charge in [-0.15, -0.1) is 0 Å². The lowest BCUT2D eigenvalue weighted by Crippen LogP contribution is -2.27. The summed E-state index contributed by atoms with van der Waals surface area (Å²) < 4.78 is 26.6. The van der Waals surface area contributed by atoms with Crippen molar-refractivity contribution in [2.75, 3.05) is 17.9 Å². The number of carbonyl (C=O) groups is 1. The van der Waals surface area contributed by atoms with Crippen molar-refractivity contribution < 1.29 is 13.2 Å². The molecule has 0 radical (unpaired) electrons. The van der Waals surface area contributed by atoms with Crippen LogP contribution in [0.25, 0.3) is 0 Å². The molecule has 0 spiro atoms. The van der Waals surface area contributed by atoms with E-state index in [2.05, 4.69) is 12.2 Å². The molecular formula is C19H24N2O3S. The Bertz CT molecular complexity index is 813. The molecular weight excluding hydrogens is 336 g/mol. The van der Waals surface area contributed by atoms with Gasteiger partial charge >= 0.3 is 0 Å². The minimum atomic E-state index is -3.63. The first kappa shape index (κ1) is 19.0. The van der Waals surface area contributed by atoms with E-state index in [4.69, 9.17) is 0 Å². The van der Waals surface area contributed by atoms with Crippen LogP contribution < -0.4 is 9.62 Å². The summed E-state index contributed by atoms with van der Waals surface area (Å²) in [6, 6.07) is 13.3. The van der Waals surface area contributed by atoms with Crippen LogP contribution in [-0.4, -0.2) is 27.9 Å². The van der Waals surface area contributed by atoms with Gasteiger partial charge in [0.2, 0.25) is 0 Å². The predicted octanol–water partition coefficient (Wildman–Crippen LogP) is 3.35. The van der Waals surface area contributed by atoms with E-state index in [1.54, 1.807) is 48.5 Å². The zero-order chi connectivity index (χ0) is 18.4. The van der Waals surface area contributed by atoms with Crippen LogP contribution >= 0.6 is 0 Å². The van der Waals surface area contributed by atoms with E-state index in [1.165, 1.54) is 11.4 Å². The Labute approximate surface area is 149 Å². The van der Waals surface area contributed by atoms with E-state index in [9.17, 15) is 13.2 Å². The zero-order valence-electron chi connectivity index (χ0n) is 14.8. The molecule has 2 rings (SSSR count). The highest BCUT2D eigenvalue weighted by Gasteiger charge is 2.21. The zero-order valence-corrected chi connectivity index (χ0v) is 15.6. The van der Waals surface area contributed by atoms with Crippen LogP contribution in [0.5, 0.6) is 0 Å². The molecule has 2 aromatic rings. The number of rotatable bonds is 7. The molecule has 0 heterocycles. The molecule has 0 aliphatic heterocycles. The van der Waals surface area contributed by atoms with Gasteiger partial charge in [-0.2, -0.15) is 0 Å². The summed E-state index contributed by atoms with van der Waals surface area (Å²) >= 11 is 0. The van der Waals surface area contributed by atoms with Crippen LogP contribution in [0.15, 0.2) is 53.4 Å². The average Bonchev–Trinajstić information content (AvgIpc) is 2.61. The minimum Gasteiger partial charge on any atom is -0.352 e. The van der Waals surface area contributed by atoms with Gasteiger partial charge in [-0.3, -0.25) is 9.10 Å². The lowest BCUT2D eigenvalue weighted by atomic mass is 10.2. The van der Waals surface area contributed by atoms with Crippen molar-refractivity contribution in [2.45, 2.75) is 31.6 Å². The Hall–Kier alpha value is -2.34. The van der Waals surface area contributed by atoms with Gasteiger partial charge in [-0.1, -0.05) is 31.0 Å². The molecule has 0 unspecified atom stereocenters. The molecule has 1 amide bonds. The van der Waals surface area contributed by atoms with E-state index in [0.29, 0.717) is 17.8 Å². The summed E-state index contributed by atoms with van der Waals surface area (Å²) in [5.74, 6) is -0.149. The summed E-state index contributed by atoms with van der Waals surface area (Å²) in [6.45, 7) is 4.61. The summed E-state index contributed by atoms with van der Waals surface area (Å²) in [6.07, 6.45) is 1.95. The third-order valence-corrected chi connectivity index (χ3v) is 5.79. The van der Waals surface area contributed by atoms with Gasteiger partial charge < -0.3 is 5.32 Å². The summed E-state index contributed by atoms with van der Waals surface area (Å²) in [4.78, 5) is 12.2. The van der Waals surface area contributed by atoms with Crippen molar-refractivity contribution in [1.29, 1.82) is 0 Å². The molecule has 6 heteroatoms. The first-order chi connectivity index (χ1) is 11.9. The highest BCUT2D eigenvalue weighted by molar-refractivity contribution is 7.92. The number of nitrogens with zero attached hydrogens (tertiary/aromatic N) is 1. The highest BCUT2D eigenvalue weighted by Crippen LogP contribution is 2.22. The Morgan fingerprint density at radius 3 is 2.20 bits per heavy atom. The number of hydrogen-bond donors (Lipinski definition) is 1. The van der Waals surface area contributed by atoms with E-state index in [0.717, 1.165) is 18.4 Å². The fourth-order valence-corrected chi connectivity index (χ4v) is 3.51. The number of amides is 1. The minimum absolute atomic E-state index is 0.149. The topological polar surface area (TPSA) is 66.5 Å². The van der Waals surface area contributed by atoms with Gasteiger partial charge in [-0.05, 0) is 49.7 Å². The van der Waals surface area contributed by atoms with E-state index < -0.39 is 10.0 Å². The maximum Gasteiger partial charge on any atom is 0.264 e. The fourth-order valence-electron chi connectivity index (χ4n) is 2.31. The molecule has 5 nitrogen and oxygen atoms in total. The van der Waals surface area contributed by atoms with Crippen molar-refractivity contribution in [3.8, 4) is 0 Å². The molecule has 0 fully saturated rings. The van der Waals surface area contributed by atoms with Gasteiger partial charge in [0.15, 0.2) is 0 Å². The highest BCUT2D eigenvalue weighted by atomic mass is 32.2. The van der Waals surface area contributed by atoms with Crippen molar-refractivity contribution in [3.63, 3.8) is 0 Å². The van der Waals surface area contributed by atoms with E-state index in [-0.39, 0.29) is 10.8 Å². The average molecular weight is 360 g/mol. The lowest BCUT2D eigenvalue weighted by molar-refractivity contribution is 0.0953. The van der Waals surface area contributed by atoms with Crippen molar-refractivity contribution >= 4 is 21.6 Å². The second kappa shape index (κ2) is 8.16. The summed E-state index contributed by atoms with van der Waals surface area (Å²) in [5, 5.41) is 2.84. The van der Waals surface area contributed by atoms with Gasteiger partial charge in [-0.25, -0.2) is 8.42 Å². The van der Waals surface area contributed by atoms with Crippen LogP contribution in [0.4, 0.5) is 5.69 Å². The number of benzene rings is 2. The largest absolute Gasteiger partial charge is 0.352 e. The maximum absolute atomic E-state index is 12.7. The molecule has 1 N–H and O–H groups in total. The molecule has 0 atom stereocenters. The van der Waals surface area contributed by atoms with E-state index in [1.807, 2.05) is 6.92 Å². The van der Waals surface area contributed by atoms with E-state index >= 15 is 0 Å². The molecule has 0 saturated heterocycles. The van der Waals surface area contributed by atoms with Crippen LogP contribution in [0.3, 0.4) is 0 Å². The van der Waals surface area contributed by atoms with Crippen molar-refractivity contribution in [1.82, 2.24) is 5.32 Å². The Balaban J connectivity index is 2.15. The van der Waals surface area contributed by atoms with Gasteiger partial charge in [0, 0.05) is 19.2 Å². The number of hydrogen-bond acceptors (Lipinski definition) is 3. The standard InChI is InChI=1S/C19H24N2O3S/c1-4-5-14-20-19(22)16-8-10-17(11-9-16)21(3)25(23,24)18-12-6-15(2)7-13-18/h6-13H,4-5,14H2,1-3H3,(H,20,22).